The van der Waals surface area contributed by atoms with Crippen molar-refractivity contribution in [3.05, 3.63) is 180 Å². The molecule has 0 bridgehead atoms. The van der Waals surface area contributed by atoms with Gasteiger partial charge in [-0.05, 0) is 88.3 Å². The van der Waals surface area contributed by atoms with Crippen LogP contribution in [-0.2, 0) is 0 Å². The Morgan fingerprint density at radius 2 is 1.12 bits per heavy atom. The van der Waals surface area contributed by atoms with E-state index in [-0.39, 0.29) is 0 Å². The number of benzene rings is 7. The van der Waals surface area contributed by atoms with Gasteiger partial charge in [0.2, 0.25) is 5.69 Å². The molecular formula is C45H25N5. The number of hydrogen-bond acceptors (Lipinski definition) is 1. The second kappa shape index (κ2) is 11.4. The highest BCUT2D eigenvalue weighted by Gasteiger charge is 2.19. The van der Waals surface area contributed by atoms with Crippen LogP contribution in [-0.4, -0.2) is 9.13 Å². The first-order valence-corrected chi connectivity index (χ1v) is 16.2. The number of para-hydroxylation sites is 3. The third kappa shape index (κ3) is 4.38. The highest BCUT2D eigenvalue weighted by Crippen LogP contribution is 2.42. The summed E-state index contributed by atoms with van der Waals surface area (Å²) in [6.45, 7) is 15.8. The zero-order valence-corrected chi connectivity index (χ0v) is 26.7. The molecule has 5 heteroatoms. The van der Waals surface area contributed by atoms with Crippen molar-refractivity contribution in [2.45, 2.75) is 0 Å². The molecule has 0 spiro atoms. The highest BCUT2D eigenvalue weighted by molar-refractivity contribution is 6.12. The Balaban J connectivity index is 1.18. The number of hydrogen-bond donors (Lipinski definition) is 0. The number of nitrogens with zero attached hydrogens (tertiary/aromatic N) is 5. The van der Waals surface area contributed by atoms with Gasteiger partial charge in [0.15, 0.2) is 5.69 Å². The topological polar surface area (TPSA) is 42.4 Å². The van der Waals surface area contributed by atoms with Crippen molar-refractivity contribution in [3.63, 3.8) is 0 Å². The molecule has 0 unspecified atom stereocenters. The second-order valence-electron chi connectivity index (χ2n) is 12.3. The van der Waals surface area contributed by atoms with Crippen molar-refractivity contribution < 1.29 is 0 Å². The summed E-state index contributed by atoms with van der Waals surface area (Å²) in [7, 11) is 0. The van der Waals surface area contributed by atoms with Crippen LogP contribution in [0.1, 0.15) is 5.56 Å². The largest absolute Gasteiger partial charge is 0.318 e. The Morgan fingerprint density at radius 1 is 0.480 bits per heavy atom. The molecule has 0 amide bonds. The highest BCUT2D eigenvalue weighted by atomic mass is 15.0. The minimum Gasteiger partial charge on any atom is -0.318 e. The van der Waals surface area contributed by atoms with E-state index in [0.29, 0.717) is 16.9 Å². The van der Waals surface area contributed by atoms with Crippen molar-refractivity contribution >= 4 is 55.0 Å². The molecule has 2 heterocycles. The zero-order valence-electron chi connectivity index (χ0n) is 26.7. The van der Waals surface area contributed by atoms with Gasteiger partial charge in [0.05, 0.1) is 52.5 Å². The molecule has 0 saturated carbocycles. The third-order valence-electron chi connectivity index (χ3n) is 9.58. The van der Waals surface area contributed by atoms with Crippen molar-refractivity contribution in [1.29, 1.82) is 5.26 Å². The maximum absolute atomic E-state index is 9.54. The predicted molar refractivity (Wildman–Crippen MR) is 203 cm³/mol. The van der Waals surface area contributed by atoms with Gasteiger partial charge in [-0.25, -0.2) is 9.69 Å². The van der Waals surface area contributed by atoms with Crippen molar-refractivity contribution in [3.8, 4) is 39.7 Å². The van der Waals surface area contributed by atoms with Crippen LogP contribution < -0.4 is 0 Å². The van der Waals surface area contributed by atoms with E-state index in [1.165, 1.54) is 0 Å². The van der Waals surface area contributed by atoms with Crippen LogP contribution in [0.5, 0.6) is 0 Å². The van der Waals surface area contributed by atoms with Gasteiger partial charge in [-0.3, -0.25) is 0 Å². The lowest BCUT2D eigenvalue weighted by molar-refractivity contribution is 1.18. The van der Waals surface area contributed by atoms with Crippen LogP contribution in [0.15, 0.2) is 152 Å². The van der Waals surface area contributed by atoms with Gasteiger partial charge in [0.25, 0.3) is 0 Å². The first-order valence-electron chi connectivity index (χ1n) is 16.2. The van der Waals surface area contributed by atoms with E-state index in [1.54, 1.807) is 0 Å². The van der Waals surface area contributed by atoms with Crippen molar-refractivity contribution in [2.24, 2.45) is 0 Å². The minimum atomic E-state index is 0.558. The van der Waals surface area contributed by atoms with Gasteiger partial charge in [-0.15, -0.1) is 0 Å². The van der Waals surface area contributed by atoms with Gasteiger partial charge in [0, 0.05) is 21.8 Å². The SMILES string of the molecule is [C-]#[N+]c1ccc2c(c1)c1ccccc1n2-c1c([N+]#[C-])cccc1-c1cccc(-c2ccc(-n3c4ccccc4c4cc(C#N)ccc43)cc2)c1. The number of rotatable bonds is 4. The summed E-state index contributed by atoms with van der Waals surface area (Å²) in [5.74, 6) is 0. The normalized spacial score (nSPS) is 11.1. The zero-order chi connectivity index (χ0) is 33.8. The van der Waals surface area contributed by atoms with E-state index < -0.39 is 0 Å². The summed E-state index contributed by atoms with van der Waals surface area (Å²) in [5, 5.41) is 13.7. The molecule has 5 nitrogen and oxygen atoms in total. The second-order valence-corrected chi connectivity index (χ2v) is 12.3. The van der Waals surface area contributed by atoms with E-state index in [1.807, 2.05) is 72.8 Å². The van der Waals surface area contributed by atoms with E-state index >= 15 is 0 Å². The third-order valence-corrected chi connectivity index (χ3v) is 9.58. The standard InChI is InChI=1S/C45H25N5/c1-47-33-20-24-44-39(27-33)37-12-4-6-16-42(37)50(44)45-35(13-8-14-40(45)48-2)32-10-7-9-31(26-32)30-18-21-34(22-19-30)49-41-15-5-3-11-36(41)38-25-29(28-46)17-23-43(38)49/h3-27H. The lowest BCUT2D eigenvalue weighted by Gasteiger charge is -2.17. The molecule has 0 aliphatic heterocycles. The van der Waals surface area contributed by atoms with Gasteiger partial charge < -0.3 is 9.13 Å². The van der Waals surface area contributed by atoms with Crippen LogP contribution in [0.25, 0.3) is 86.9 Å². The van der Waals surface area contributed by atoms with E-state index in [9.17, 15) is 5.26 Å². The Hall–Kier alpha value is -7.39. The molecule has 0 aliphatic rings. The molecule has 0 saturated heterocycles. The average Bonchev–Trinajstić information content (AvgIpc) is 3.69. The van der Waals surface area contributed by atoms with E-state index in [2.05, 4.69) is 104 Å². The summed E-state index contributed by atoms with van der Waals surface area (Å²) >= 11 is 0. The molecule has 0 fully saturated rings. The summed E-state index contributed by atoms with van der Waals surface area (Å²) in [4.78, 5) is 7.67. The predicted octanol–water partition coefficient (Wildman–Crippen LogP) is 12.2. The molecule has 0 atom stereocenters. The number of nitriles is 1. The monoisotopic (exact) mass is 635 g/mol. The Morgan fingerprint density at radius 3 is 1.86 bits per heavy atom. The Labute approximate surface area is 288 Å². The van der Waals surface area contributed by atoms with Crippen LogP contribution >= 0.6 is 0 Å². The quantitative estimate of drug-likeness (QED) is 0.177. The fourth-order valence-electron chi connectivity index (χ4n) is 7.35. The fraction of sp³-hybridized carbons (Fsp3) is 0. The molecule has 0 N–H and O–H groups in total. The van der Waals surface area contributed by atoms with Crippen molar-refractivity contribution in [1.82, 2.24) is 9.13 Å². The summed E-state index contributed by atoms with van der Waals surface area (Å²) in [6.07, 6.45) is 0. The molecule has 7 aromatic carbocycles. The molecule has 9 rings (SSSR count). The molecule has 0 radical (unpaired) electrons. The van der Waals surface area contributed by atoms with E-state index in [0.717, 1.165) is 77.2 Å². The minimum absolute atomic E-state index is 0.558. The van der Waals surface area contributed by atoms with Gasteiger partial charge in [-0.2, -0.15) is 5.26 Å². The Bertz CT molecular complexity index is 2960. The first-order chi connectivity index (χ1) is 24.7. The van der Waals surface area contributed by atoms with Crippen LogP contribution in [0.3, 0.4) is 0 Å². The van der Waals surface area contributed by atoms with Gasteiger partial charge >= 0.3 is 0 Å². The van der Waals surface area contributed by atoms with Crippen molar-refractivity contribution in [2.75, 3.05) is 0 Å². The number of aromatic nitrogens is 2. The first kappa shape index (κ1) is 28.8. The maximum Gasteiger partial charge on any atom is 0.211 e. The maximum atomic E-state index is 9.54. The average molecular weight is 636 g/mol. The van der Waals surface area contributed by atoms with Crippen LogP contribution in [0.2, 0.25) is 0 Å². The lowest BCUT2D eigenvalue weighted by atomic mass is 9.97. The van der Waals surface area contributed by atoms with Gasteiger partial charge in [0.1, 0.15) is 0 Å². The fourth-order valence-corrected chi connectivity index (χ4v) is 7.35. The summed E-state index contributed by atoms with van der Waals surface area (Å²) in [6, 6.07) is 53.4. The molecule has 0 aliphatic carbocycles. The summed E-state index contributed by atoms with van der Waals surface area (Å²) in [5.41, 5.74) is 11.9. The van der Waals surface area contributed by atoms with E-state index in [4.69, 9.17) is 13.1 Å². The lowest BCUT2D eigenvalue weighted by Crippen LogP contribution is -1.98. The number of fused-ring (bicyclic) bond motifs is 6. The summed E-state index contributed by atoms with van der Waals surface area (Å²) < 4.78 is 4.43. The molecule has 2 aromatic heterocycles. The van der Waals surface area contributed by atoms with Crippen LogP contribution in [0, 0.1) is 24.5 Å². The smallest absolute Gasteiger partial charge is 0.211 e. The van der Waals surface area contributed by atoms with Gasteiger partial charge in [-0.1, -0.05) is 91.0 Å². The molecule has 50 heavy (non-hydrogen) atoms. The van der Waals surface area contributed by atoms with Crippen LogP contribution in [0.4, 0.5) is 11.4 Å². The molecule has 9 aromatic rings. The Kier molecular flexibility index (Phi) is 6.56. The molecule has 230 valence electrons. The molecular weight excluding hydrogens is 611 g/mol.